The molecular weight excluding hydrogens is 308 g/mol. The lowest BCUT2D eigenvalue weighted by molar-refractivity contribution is -0.692. The van der Waals surface area contributed by atoms with Crippen molar-refractivity contribution in [2.24, 2.45) is 14.1 Å². The van der Waals surface area contributed by atoms with E-state index in [0.29, 0.717) is 17.2 Å². The highest BCUT2D eigenvalue weighted by Gasteiger charge is 2.15. The summed E-state index contributed by atoms with van der Waals surface area (Å²) in [5.41, 5.74) is 2.44. The maximum Gasteiger partial charge on any atom is 0.498 e. The van der Waals surface area contributed by atoms with E-state index in [1.165, 1.54) is 0 Å². The summed E-state index contributed by atoms with van der Waals surface area (Å²) in [7, 11) is 8.22. The van der Waals surface area contributed by atoms with Crippen LogP contribution in [0.25, 0.3) is 12.2 Å². The Kier molecular flexibility index (Phi) is 5.28. The average Bonchev–Trinajstić information content (AvgIpc) is 2.60. The summed E-state index contributed by atoms with van der Waals surface area (Å²) in [6, 6.07) is 5.64. The molecule has 6 nitrogen and oxygen atoms in total. The van der Waals surface area contributed by atoms with Gasteiger partial charge in [-0.15, -0.1) is 0 Å². The zero-order valence-electron chi connectivity index (χ0n) is 14.9. The number of aryl methyl sites for hydroxylation is 1. The van der Waals surface area contributed by atoms with Gasteiger partial charge in [0, 0.05) is 11.6 Å². The van der Waals surface area contributed by atoms with Crippen LogP contribution in [0.3, 0.4) is 0 Å². The molecule has 0 aliphatic carbocycles. The van der Waals surface area contributed by atoms with E-state index in [-0.39, 0.29) is 5.69 Å². The summed E-state index contributed by atoms with van der Waals surface area (Å²) in [6.07, 6.45) is 3.76. The standard InChI is InChI=1S/C18H23N2O4/c1-12-11-14(20(3)18(21)19(12)2)9-7-13-8-10-15(22-4)17(24-6)16(13)23-5/h7-11H,1-6H3/q+1. The minimum Gasteiger partial charge on any atom is -0.493 e. The number of ether oxygens (including phenoxy) is 3. The molecular formula is C18H23N2O4+. The number of methoxy groups -OCH3 is 3. The second-order valence-corrected chi connectivity index (χ2v) is 5.37. The number of benzene rings is 1. The Morgan fingerprint density at radius 2 is 1.71 bits per heavy atom. The van der Waals surface area contributed by atoms with Gasteiger partial charge in [-0.25, -0.2) is 0 Å². The molecule has 1 heterocycles. The van der Waals surface area contributed by atoms with E-state index in [1.54, 1.807) is 44.6 Å². The molecule has 2 rings (SSSR count). The van der Waals surface area contributed by atoms with Gasteiger partial charge in [-0.05, 0) is 31.2 Å². The van der Waals surface area contributed by atoms with Crippen molar-refractivity contribution >= 4 is 12.2 Å². The van der Waals surface area contributed by atoms with Gasteiger partial charge >= 0.3 is 5.69 Å². The van der Waals surface area contributed by atoms with Crippen molar-refractivity contribution in [2.45, 2.75) is 6.92 Å². The first-order chi connectivity index (χ1) is 11.4. The maximum absolute atomic E-state index is 12.2. The normalized spacial score (nSPS) is 10.9. The number of rotatable bonds is 5. The number of nitrogens with zero attached hydrogens (tertiary/aromatic N) is 2. The van der Waals surface area contributed by atoms with Crippen LogP contribution < -0.4 is 24.5 Å². The van der Waals surface area contributed by atoms with E-state index in [0.717, 1.165) is 17.0 Å². The predicted molar refractivity (Wildman–Crippen MR) is 92.6 cm³/mol. The summed E-state index contributed by atoms with van der Waals surface area (Å²) in [5.74, 6) is 1.71. The van der Waals surface area contributed by atoms with E-state index in [2.05, 4.69) is 0 Å². The number of hydrogen-bond acceptors (Lipinski definition) is 4. The van der Waals surface area contributed by atoms with Gasteiger partial charge in [0.05, 0.1) is 35.4 Å². The Balaban J connectivity index is 2.53. The minimum atomic E-state index is -0.0751. The third kappa shape index (κ3) is 3.13. The van der Waals surface area contributed by atoms with Crippen LogP contribution in [0.15, 0.2) is 23.0 Å². The molecule has 0 atom stereocenters. The molecule has 1 aromatic heterocycles. The third-order valence-corrected chi connectivity index (χ3v) is 4.02. The molecule has 0 spiro atoms. The summed E-state index contributed by atoms with van der Waals surface area (Å²) >= 11 is 0. The Morgan fingerprint density at radius 3 is 2.29 bits per heavy atom. The zero-order valence-corrected chi connectivity index (χ0v) is 14.9. The fourth-order valence-corrected chi connectivity index (χ4v) is 2.48. The summed E-state index contributed by atoms with van der Waals surface area (Å²) in [5, 5.41) is 0. The molecule has 0 bridgehead atoms. The van der Waals surface area contributed by atoms with Crippen molar-refractivity contribution < 1.29 is 18.8 Å². The van der Waals surface area contributed by atoms with Crippen LogP contribution in [0.5, 0.6) is 17.2 Å². The molecule has 2 aromatic rings. The molecule has 6 heteroatoms. The van der Waals surface area contributed by atoms with Crippen molar-refractivity contribution in [2.75, 3.05) is 21.3 Å². The maximum atomic E-state index is 12.2. The van der Waals surface area contributed by atoms with E-state index >= 15 is 0 Å². The molecule has 0 aliphatic heterocycles. The lowest BCUT2D eigenvalue weighted by Crippen LogP contribution is -2.53. The molecule has 0 saturated carbocycles. The molecule has 24 heavy (non-hydrogen) atoms. The molecule has 0 amide bonds. The molecule has 0 N–H and O–H groups in total. The zero-order chi connectivity index (χ0) is 17.9. The summed E-state index contributed by atoms with van der Waals surface area (Å²) in [4.78, 5) is 12.2. The van der Waals surface area contributed by atoms with Gasteiger partial charge < -0.3 is 14.2 Å². The molecule has 0 saturated heterocycles. The first kappa shape index (κ1) is 17.6. The molecule has 0 fully saturated rings. The van der Waals surface area contributed by atoms with Crippen LogP contribution in [-0.4, -0.2) is 25.9 Å². The van der Waals surface area contributed by atoms with Crippen molar-refractivity contribution in [1.82, 2.24) is 4.57 Å². The second-order valence-electron chi connectivity index (χ2n) is 5.37. The van der Waals surface area contributed by atoms with Gasteiger partial charge in [0.25, 0.3) is 0 Å². The predicted octanol–water partition coefficient (Wildman–Crippen LogP) is 1.71. The van der Waals surface area contributed by atoms with E-state index in [4.69, 9.17) is 14.2 Å². The third-order valence-electron chi connectivity index (χ3n) is 4.02. The van der Waals surface area contributed by atoms with Crippen LogP contribution in [-0.2, 0) is 14.1 Å². The fourth-order valence-electron chi connectivity index (χ4n) is 2.48. The van der Waals surface area contributed by atoms with Crippen LogP contribution >= 0.6 is 0 Å². The fraction of sp³-hybridized carbons (Fsp3) is 0.333. The van der Waals surface area contributed by atoms with Crippen LogP contribution in [0.4, 0.5) is 0 Å². The van der Waals surface area contributed by atoms with Crippen LogP contribution in [0.1, 0.15) is 17.0 Å². The van der Waals surface area contributed by atoms with Gasteiger partial charge in [0.2, 0.25) is 5.75 Å². The van der Waals surface area contributed by atoms with Crippen molar-refractivity contribution in [3.05, 3.63) is 45.6 Å². The highest BCUT2D eigenvalue weighted by Crippen LogP contribution is 2.40. The van der Waals surface area contributed by atoms with Gasteiger partial charge in [-0.2, -0.15) is 13.9 Å². The lowest BCUT2D eigenvalue weighted by Gasteiger charge is -2.14. The van der Waals surface area contributed by atoms with Crippen LogP contribution in [0.2, 0.25) is 0 Å². The average molecular weight is 331 g/mol. The molecule has 1 aromatic carbocycles. The molecule has 0 aliphatic rings. The molecule has 0 unspecified atom stereocenters. The quantitative estimate of drug-likeness (QED) is 0.783. The molecule has 128 valence electrons. The van der Waals surface area contributed by atoms with Crippen molar-refractivity contribution in [3.8, 4) is 17.2 Å². The van der Waals surface area contributed by atoms with Crippen molar-refractivity contribution in [1.29, 1.82) is 0 Å². The monoisotopic (exact) mass is 331 g/mol. The van der Waals surface area contributed by atoms with Gasteiger partial charge in [0.1, 0.15) is 11.4 Å². The second kappa shape index (κ2) is 7.21. The first-order valence-corrected chi connectivity index (χ1v) is 7.48. The Bertz CT molecular complexity index is 838. The minimum absolute atomic E-state index is 0.0751. The summed E-state index contributed by atoms with van der Waals surface area (Å²) in [6.45, 7) is 1.90. The highest BCUT2D eigenvalue weighted by molar-refractivity contribution is 5.74. The van der Waals surface area contributed by atoms with E-state index < -0.39 is 0 Å². The van der Waals surface area contributed by atoms with Gasteiger partial charge in [0.15, 0.2) is 11.5 Å². The SMILES string of the molecule is COc1ccc(C=Cc2cc(C)n(C)c(=O)[n+]2C)c(OC)c1OC. The van der Waals surface area contributed by atoms with E-state index in [9.17, 15) is 4.79 Å². The number of aromatic nitrogens is 2. The van der Waals surface area contributed by atoms with E-state index in [1.807, 2.05) is 37.3 Å². The van der Waals surface area contributed by atoms with Gasteiger partial charge in [-0.3, -0.25) is 0 Å². The smallest absolute Gasteiger partial charge is 0.493 e. The first-order valence-electron chi connectivity index (χ1n) is 7.48. The number of hydrogen-bond donors (Lipinski definition) is 0. The summed E-state index contributed by atoms with van der Waals surface area (Å²) < 4.78 is 19.3. The lowest BCUT2D eigenvalue weighted by atomic mass is 10.1. The van der Waals surface area contributed by atoms with Crippen molar-refractivity contribution in [3.63, 3.8) is 0 Å². The highest BCUT2D eigenvalue weighted by atomic mass is 16.5. The topological polar surface area (TPSA) is 53.6 Å². The Labute approximate surface area is 141 Å². The Hall–Kier alpha value is -2.76. The molecule has 0 radical (unpaired) electrons. The largest absolute Gasteiger partial charge is 0.498 e. The Morgan fingerprint density at radius 1 is 1.04 bits per heavy atom. The van der Waals surface area contributed by atoms with Gasteiger partial charge in [-0.1, -0.05) is 0 Å². The van der Waals surface area contributed by atoms with Crippen LogP contribution in [0, 0.1) is 6.92 Å².